The topological polar surface area (TPSA) is 138 Å². The van der Waals surface area contributed by atoms with Gasteiger partial charge >= 0.3 is 12.1 Å². The molecule has 4 atom stereocenters. The molecular formula is C29H40ClN7O6. The molecule has 13 nitrogen and oxygen atoms in total. The summed E-state index contributed by atoms with van der Waals surface area (Å²) in [4.78, 5) is 51.4. The maximum absolute atomic E-state index is 13.8. The van der Waals surface area contributed by atoms with E-state index in [-0.39, 0.29) is 37.5 Å². The van der Waals surface area contributed by atoms with Gasteiger partial charge in [-0.25, -0.2) is 14.6 Å². The van der Waals surface area contributed by atoms with Crippen molar-refractivity contribution in [2.75, 3.05) is 44.6 Å². The molecule has 0 spiro atoms. The molecule has 0 saturated carbocycles. The average Bonchev–Trinajstić information content (AvgIpc) is 3.32. The quantitative estimate of drug-likeness (QED) is 0.348. The molecular weight excluding hydrogens is 578 g/mol. The van der Waals surface area contributed by atoms with Gasteiger partial charge in [-0.1, -0.05) is 6.58 Å². The summed E-state index contributed by atoms with van der Waals surface area (Å²) >= 11 is 7.04. The van der Waals surface area contributed by atoms with Crippen LogP contribution in [0.3, 0.4) is 0 Å². The van der Waals surface area contributed by atoms with Crippen molar-refractivity contribution in [1.29, 1.82) is 0 Å². The highest BCUT2D eigenvalue weighted by atomic mass is 35.5. The standard InChI is InChI=1S/C29H40ClN7O6/c1-10-22(38)32-18-14-36(27(40)43-28(3,4)5)15-19(18)33-25-31-12-17-13-37(26(39)35(7)24(17)34-25)23-16(2)20(41-8)11-21(42-9)29(23,6)30/h10-12,18-19,23H,1,13-15H2,2-9H3,(H,32,38)(H,31,33,34). The third-order valence-corrected chi connectivity index (χ3v) is 8.03. The lowest BCUT2D eigenvalue weighted by atomic mass is 9.85. The Kier molecular flexibility index (Phi) is 8.87. The van der Waals surface area contributed by atoms with E-state index in [1.165, 1.54) is 23.0 Å². The van der Waals surface area contributed by atoms with Crippen LogP contribution in [0.15, 0.2) is 42.0 Å². The summed E-state index contributed by atoms with van der Waals surface area (Å²) in [5.74, 6) is 1.35. The maximum atomic E-state index is 13.8. The second-order valence-electron chi connectivity index (χ2n) is 11.9. The smallest absolute Gasteiger partial charge is 0.410 e. The number of hydrogen-bond acceptors (Lipinski definition) is 9. The van der Waals surface area contributed by atoms with Crippen LogP contribution < -0.4 is 15.5 Å². The van der Waals surface area contributed by atoms with Crippen molar-refractivity contribution in [3.8, 4) is 0 Å². The first-order valence-electron chi connectivity index (χ1n) is 13.9. The van der Waals surface area contributed by atoms with Gasteiger partial charge < -0.3 is 34.6 Å². The van der Waals surface area contributed by atoms with E-state index in [0.29, 0.717) is 22.9 Å². The Balaban J connectivity index is 1.59. The van der Waals surface area contributed by atoms with Gasteiger partial charge in [0.15, 0.2) is 0 Å². The largest absolute Gasteiger partial charge is 0.499 e. The van der Waals surface area contributed by atoms with E-state index in [1.54, 1.807) is 59.0 Å². The van der Waals surface area contributed by atoms with Crippen molar-refractivity contribution in [2.45, 2.75) is 69.8 Å². The Morgan fingerprint density at radius 2 is 1.88 bits per heavy atom. The Morgan fingerprint density at radius 1 is 1.21 bits per heavy atom. The van der Waals surface area contributed by atoms with Crippen molar-refractivity contribution in [3.63, 3.8) is 0 Å². The molecule has 0 bridgehead atoms. The lowest BCUT2D eigenvalue weighted by Crippen LogP contribution is -2.58. The van der Waals surface area contributed by atoms with Crippen LogP contribution in [-0.2, 0) is 25.5 Å². The number of aromatic nitrogens is 2. The van der Waals surface area contributed by atoms with Crippen LogP contribution >= 0.6 is 11.6 Å². The summed E-state index contributed by atoms with van der Waals surface area (Å²) in [6.45, 7) is 13.2. The monoisotopic (exact) mass is 617 g/mol. The number of urea groups is 1. The van der Waals surface area contributed by atoms with Gasteiger partial charge in [0, 0.05) is 38.0 Å². The zero-order chi connectivity index (χ0) is 31.9. The second kappa shape index (κ2) is 11.9. The van der Waals surface area contributed by atoms with Crippen LogP contribution in [0.25, 0.3) is 0 Å². The van der Waals surface area contributed by atoms with Crippen LogP contribution in [0.2, 0.25) is 0 Å². The lowest BCUT2D eigenvalue weighted by Gasteiger charge is -2.46. The molecule has 43 heavy (non-hydrogen) atoms. The predicted octanol–water partition coefficient (Wildman–Crippen LogP) is 3.38. The number of carbonyl (C=O) groups is 3. The fourth-order valence-corrected chi connectivity index (χ4v) is 6.05. The van der Waals surface area contributed by atoms with Crippen molar-refractivity contribution in [2.24, 2.45) is 0 Å². The Bertz CT molecular complexity index is 1370. The summed E-state index contributed by atoms with van der Waals surface area (Å²) < 4.78 is 16.7. The number of nitrogens with one attached hydrogen (secondary N) is 2. The third-order valence-electron chi connectivity index (χ3n) is 7.64. The molecule has 2 aliphatic heterocycles. The second-order valence-corrected chi connectivity index (χ2v) is 12.7. The molecule has 14 heteroatoms. The van der Waals surface area contributed by atoms with Crippen molar-refractivity contribution < 1.29 is 28.6 Å². The summed E-state index contributed by atoms with van der Waals surface area (Å²) in [6, 6.07) is -1.78. The van der Waals surface area contributed by atoms with E-state index in [1.807, 2.05) is 6.92 Å². The highest BCUT2D eigenvalue weighted by Crippen LogP contribution is 2.43. The number of hydrogen-bond donors (Lipinski definition) is 2. The number of halogens is 1. The molecule has 4 rings (SSSR count). The normalized spacial score (nSPS) is 25.6. The van der Waals surface area contributed by atoms with Crippen LogP contribution in [0, 0.1) is 0 Å². The average molecular weight is 618 g/mol. The molecule has 4 amide bonds. The molecule has 1 aromatic rings. The van der Waals surface area contributed by atoms with E-state index in [9.17, 15) is 14.4 Å². The summed E-state index contributed by atoms with van der Waals surface area (Å²) in [6.07, 6.45) is 4.07. The van der Waals surface area contributed by atoms with E-state index in [0.717, 1.165) is 5.57 Å². The molecule has 4 unspecified atom stereocenters. The van der Waals surface area contributed by atoms with Crippen molar-refractivity contribution >= 4 is 41.4 Å². The van der Waals surface area contributed by atoms with Gasteiger partial charge in [0.2, 0.25) is 11.9 Å². The molecule has 0 radical (unpaired) electrons. The number of alkyl halides is 1. The molecule has 3 aliphatic rings. The van der Waals surface area contributed by atoms with Crippen LogP contribution in [0.5, 0.6) is 0 Å². The maximum Gasteiger partial charge on any atom is 0.410 e. The predicted molar refractivity (Wildman–Crippen MR) is 162 cm³/mol. The first-order chi connectivity index (χ1) is 20.1. The minimum atomic E-state index is -1.05. The molecule has 234 valence electrons. The number of fused-ring (bicyclic) bond motifs is 1. The molecule has 1 saturated heterocycles. The highest BCUT2D eigenvalue weighted by molar-refractivity contribution is 6.26. The van der Waals surface area contributed by atoms with Crippen LogP contribution in [-0.4, -0.2) is 101 Å². The number of allylic oxidation sites excluding steroid dienone is 1. The van der Waals surface area contributed by atoms with Gasteiger partial charge in [-0.15, -0.1) is 11.6 Å². The van der Waals surface area contributed by atoms with Gasteiger partial charge in [-0.3, -0.25) is 9.69 Å². The first kappa shape index (κ1) is 31.9. The third kappa shape index (κ3) is 6.36. The summed E-state index contributed by atoms with van der Waals surface area (Å²) in [5, 5.41) is 6.09. The Hall–Kier alpha value is -4.00. The minimum Gasteiger partial charge on any atom is -0.499 e. The lowest BCUT2D eigenvalue weighted by molar-refractivity contribution is -0.117. The number of nitrogens with zero attached hydrogens (tertiary/aromatic N) is 5. The fourth-order valence-electron chi connectivity index (χ4n) is 5.64. The molecule has 1 aromatic heterocycles. The number of carbonyl (C=O) groups excluding carboxylic acids is 3. The fraction of sp³-hybridized carbons (Fsp3) is 0.552. The molecule has 2 N–H and O–H groups in total. The summed E-state index contributed by atoms with van der Waals surface area (Å²) in [7, 11) is 4.72. The van der Waals surface area contributed by atoms with Crippen LogP contribution in [0.1, 0.15) is 40.2 Å². The SMILES string of the molecule is C=CC(=O)NC1CN(C(=O)OC(C)(C)C)CC1Nc1ncc2c(n1)N(C)C(=O)N(C1C(C)=C(OC)C=C(OC)C1(C)Cl)C2. The summed E-state index contributed by atoms with van der Waals surface area (Å²) in [5.41, 5.74) is 0.821. The van der Waals surface area contributed by atoms with E-state index < -0.39 is 34.7 Å². The Labute approximate surface area is 256 Å². The van der Waals surface area contributed by atoms with Gasteiger partial charge in [-0.05, 0) is 46.3 Å². The van der Waals surface area contributed by atoms with E-state index in [4.69, 9.17) is 25.8 Å². The van der Waals surface area contributed by atoms with Crippen molar-refractivity contribution in [1.82, 2.24) is 25.1 Å². The van der Waals surface area contributed by atoms with Gasteiger partial charge in [0.05, 0.1) is 38.9 Å². The first-order valence-corrected chi connectivity index (χ1v) is 14.3. The minimum absolute atomic E-state index is 0.199. The zero-order valence-corrected chi connectivity index (χ0v) is 26.6. The van der Waals surface area contributed by atoms with Gasteiger partial charge in [-0.2, -0.15) is 4.98 Å². The number of amides is 4. The number of rotatable bonds is 7. The number of anilines is 2. The Morgan fingerprint density at radius 3 is 2.49 bits per heavy atom. The number of methoxy groups -OCH3 is 2. The highest BCUT2D eigenvalue weighted by Gasteiger charge is 2.49. The number of likely N-dealkylation sites (tertiary alicyclic amines) is 1. The molecule has 1 fully saturated rings. The van der Waals surface area contributed by atoms with E-state index in [2.05, 4.69) is 27.2 Å². The zero-order valence-electron chi connectivity index (χ0n) is 25.9. The van der Waals surface area contributed by atoms with Gasteiger partial charge in [0.25, 0.3) is 0 Å². The van der Waals surface area contributed by atoms with E-state index >= 15 is 0 Å². The van der Waals surface area contributed by atoms with Crippen LogP contribution in [0.4, 0.5) is 21.4 Å². The number of ether oxygens (including phenoxy) is 3. The van der Waals surface area contributed by atoms with Crippen molar-refractivity contribution in [3.05, 3.63) is 47.6 Å². The molecule has 0 aromatic carbocycles. The molecule has 1 aliphatic carbocycles. The van der Waals surface area contributed by atoms with Gasteiger partial charge in [0.1, 0.15) is 27.8 Å². The molecule has 3 heterocycles.